The second kappa shape index (κ2) is 6.84. The summed E-state index contributed by atoms with van der Waals surface area (Å²) in [6.07, 6.45) is 7.10. The Morgan fingerprint density at radius 1 is 1.30 bits per heavy atom. The number of pyridine rings is 1. The number of aromatic nitrogens is 3. The molecule has 0 saturated heterocycles. The Morgan fingerprint density at radius 3 is 2.80 bits per heavy atom. The molecule has 2 aromatic rings. The zero-order valence-corrected chi connectivity index (χ0v) is 11.9. The number of methoxy groups -OCH3 is 1. The van der Waals surface area contributed by atoms with Crippen LogP contribution in [0.3, 0.4) is 0 Å². The zero-order valence-electron chi connectivity index (χ0n) is 11.9. The molecular formula is C15H19N3O2. The molecule has 5 heteroatoms. The van der Waals surface area contributed by atoms with Crippen molar-refractivity contribution in [3.63, 3.8) is 0 Å². The fourth-order valence-corrected chi connectivity index (χ4v) is 2.05. The first-order valence-corrected chi connectivity index (χ1v) is 6.73. The predicted molar refractivity (Wildman–Crippen MR) is 75.7 cm³/mol. The van der Waals surface area contributed by atoms with Crippen molar-refractivity contribution >= 4 is 5.78 Å². The molecule has 0 unspecified atom stereocenters. The van der Waals surface area contributed by atoms with E-state index in [2.05, 4.69) is 16.9 Å². The number of aryl methyl sites for hydroxylation is 1. The van der Waals surface area contributed by atoms with Crippen LogP contribution < -0.4 is 4.74 Å². The number of rotatable bonds is 7. The minimum absolute atomic E-state index is 0.139. The number of ketones is 1. The van der Waals surface area contributed by atoms with E-state index in [1.807, 2.05) is 16.8 Å². The molecule has 0 aromatic carbocycles. The molecule has 0 aliphatic rings. The van der Waals surface area contributed by atoms with Gasteiger partial charge in [-0.3, -0.25) is 4.79 Å². The van der Waals surface area contributed by atoms with Gasteiger partial charge >= 0.3 is 0 Å². The van der Waals surface area contributed by atoms with E-state index >= 15 is 0 Å². The Balaban J connectivity index is 1.95. The molecule has 0 radical (unpaired) electrons. The highest BCUT2D eigenvalue weighted by atomic mass is 16.5. The van der Waals surface area contributed by atoms with Gasteiger partial charge in [0.05, 0.1) is 13.5 Å². The van der Waals surface area contributed by atoms with Gasteiger partial charge < -0.3 is 9.30 Å². The largest absolute Gasteiger partial charge is 0.481 e. The molecule has 0 spiro atoms. The van der Waals surface area contributed by atoms with Crippen LogP contribution in [-0.2, 0) is 24.2 Å². The third-order valence-corrected chi connectivity index (χ3v) is 3.03. The topological polar surface area (TPSA) is 57.0 Å². The van der Waals surface area contributed by atoms with Gasteiger partial charge in [0.2, 0.25) is 5.88 Å². The van der Waals surface area contributed by atoms with Crippen LogP contribution in [-0.4, -0.2) is 27.4 Å². The summed E-state index contributed by atoms with van der Waals surface area (Å²) in [5.74, 6) is 1.53. The molecule has 0 amide bonds. The van der Waals surface area contributed by atoms with Crippen LogP contribution in [0.1, 0.15) is 24.7 Å². The monoisotopic (exact) mass is 273 g/mol. The standard InChI is InChI=1S/C15H19N3O2/c1-3-7-18-8-6-16-14(18)10-13(19)9-12-4-5-15(20-2)17-11-12/h4-6,8,11H,3,7,9-10H2,1-2H3. The number of hydrogen-bond acceptors (Lipinski definition) is 4. The predicted octanol–water partition coefficient (Wildman–Crippen LogP) is 2.05. The SMILES string of the molecule is CCCn1ccnc1CC(=O)Cc1ccc(OC)nc1. The molecule has 0 aliphatic heterocycles. The summed E-state index contributed by atoms with van der Waals surface area (Å²) < 4.78 is 7.02. The van der Waals surface area contributed by atoms with E-state index in [1.165, 1.54) is 0 Å². The molecule has 106 valence electrons. The molecule has 0 saturated carbocycles. The van der Waals surface area contributed by atoms with Crippen LogP contribution >= 0.6 is 0 Å². The highest BCUT2D eigenvalue weighted by molar-refractivity contribution is 5.82. The molecule has 2 rings (SSSR count). The Labute approximate surface area is 118 Å². The summed E-state index contributed by atoms with van der Waals surface area (Å²) in [6, 6.07) is 3.63. The van der Waals surface area contributed by atoms with Gasteiger partial charge in [-0.2, -0.15) is 0 Å². The molecule has 0 aliphatic carbocycles. The van der Waals surface area contributed by atoms with Crippen molar-refractivity contribution in [1.82, 2.24) is 14.5 Å². The van der Waals surface area contributed by atoms with E-state index in [9.17, 15) is 4.79 Å². The summed E-state index contributed by atoms with van der Waals surface area (Å²) >= 11 is 0. The normalized spacial score (nSPS) is 10.5. The fraction of sp³-hybridized carbons (Fsp3) is 0.400. The molecular weight excluding hydrogens is 254 g/mol. The van der Waals surface area contributed by atoms with Crippen LogP contribution in [0.2, 0.25) is 0 Å². The van der Waals surface area contributed by atoms with Gasteiger partial charge in [0.25, 0.3) is 0 Å². The first kappa shape index (κ1) is 14.2. The molecule has 2 heterocycles. The van der Waals surface area contributed by atoms with Crippen molar-refractivity contribution in [3.8, 4) is 5.88 Å². The Hall–Kier alpha value is -2.17. The zero-order chi connectivity index (χ0) is 14.4. The minimum atomic E-state index is 0.139. The second-order valence-electron chi connectivity index (χ2n) is 4.64. The van der Waals surface area contributed by atoms with Crippen molar-refractivity contribution in [2.75, 3.05) is 7.11 Å². The van der Waals surface area contributed by atoms with E-state index in [1.54, 1.807) is 25.6 Å². The van der Waals surface area contributed by atoms with E-state index in [0.29, 0.717) is 18.7 Å². The van der Waals surface area contributed by atoms with Crippen molar-refractivity contribution in [2.24, 2.45) is 0 Å². The van der Waals surface area contributed by atoms with Gasteiger partial charge in [-0.1, -0.05) is 13.0 Å². The first-order valence-electron chi connectivity index (χ1n) is 6.73. The summed E-state index contributed by atoms with van der Waals surface area (Å²) in [4.78, 5) is 20.4. The van der Waals surface area contributed by atoms with Gasteiger partial charge in [0, 0.05) is 37.6 Å². The quantitative estimate of drug-likeness (QED) is 0.774. The lowest BCUT2D eigenvalue weighted by Gasteiger charge is -2.06. The molecule has 2 aromatic heterocycles. The highest BCUT2D eigenvalue weighted by Crippen LogP contribution is 2.09. The van der Waals surface area contributed by atoms with Crippen molar-refractivity contribution in [1.29, 1.82) is 0 Å². The molecule has 5 nitrogen and oxygen atoms in total. The number of Topliss-reactive ketones (excluding diaryl/α,β-unsaturated/α-hetero) is 1. The van der Waals surface area contributed by atoms with Crippen LogP contribution in [0.15, 0.2) is 30.7 Å². The van der Waals surface area contributed by atoms with Gasteiger partial charge in [-0.25, -0.2) is 9.97 Å². The van der Waals surface area contributed by atoms with Crippen LogP contribution in [0.25, 0.3) is 0 Å². The molecule has 20 heavy (non-hydrogen) atoms. The Morgan fingerprint density at radius 2 is 2.15 bits per heavy atom. The van der Waals surface area contributed by atoms with Crippen LogP contribution in [0.4, 0.5) is 0 Å². The summed E-state index contributed by atoms with van der Waals surface area (Å²) in [5, 5.41) is 0. The number of carbonyl (C=O) groups excluding carboxylic acids is 1. The van der Waals surface area contributed by atoms with Gasteiger partial charge in [-0.05, 0) is 12.0 Å². The van der Waals surface area contributed by atoms with E-state index in [4.69, 9.17) is 4.74 Å². The number of carbonyl (C=O) groups is 1. The van der Waals surface area contributed by atoms with Gasteiger partial charge in [0.15, 0.2) is 0 Å². The first-order chi connectivity index (χ1) is 9.72. The lowest BCUT2D eigenvalue weighted by molar-refractivity contribution is -0.117. The maximum Gasteiger partial charge on any atom is 0.212 e. The molecule has 0 bridgehead atoms. The summed E-state index contributed by atoms with van der Waals surface area (Å²) in [5.41, 5.74) is 0.893. The molecule has 0 atom stereocenters. The Bertz CT molecular complexity index is 561. The lowest BCUT2D eigenvalue weighted by atomic mass is 10.1. The maximum absolute atomic E-state index is 12.1. The fourth-order valence-electron chi connectivity index (χ4n) is 2.05. The molecule has 0 fully saturated rings. The number of ether oxygens (including phenoxy) is 1. The smallest absolute Gasteiger partial charge is 0.212 e. The summed E-state index contributed by atoms with van der Waals surface area (Å²) in [7, 11) is 1.57. The van der Waals surface area contributed by atoms with Crippen LogP contribution in [0.5, 0.6) is 5.88 Å². The van der Waals surface area contributed by atoms with Crippen molar-refractivity contribution in [3.05, 3.63) is 42.1 Å². The Kier molecular flexibility index (Phi) is 4.87. The number of imidazole rings is 1. The third-order valence-electron chi connectivity index (χ3n) is 3.03. The summed E-state index contributed by atoms with van der Waals surface area (Å²) in [6.45, 7) is 3.00. The minimum Gasteiger partial charge on any atom is -0.481 e. The number of nitrogens with zero attached hydrogens (tertiary/aromatic N) is 3. The van der Waals surface area contributed by atoms with Gasteiger partial charge in [0.1, 0.15) is 11.6 Å². The van der Waals surface area contributed by atoms with E-state index in [0.717, 1.165) is 24.4 Å². The average molecular weight is 273 g/mol. The molecule has 0 N–H and O–H groups in total. The van der Waals surface area contributed by atoms with Crippen molar-refractivity contribution < 1.29 is 9.53 Å². The average Bonchev–Trinajstić information content (AvgIpc) is 2.87. The number of hydrogen-bond donors (Lipinski definition) is 0. The van der Waals surface area contributed by atoms with E-state index < -0.39 is 0 Å². The highest BCUT2D eigenvalue weighted by Gasteiger charge is 2.10. The van der Waals surface area contributed by atoms with Crippen LogP contribution in [0, 0.1) is 0 Å². The van der Waals surface area contributed by atoms with E-state index in [-0.39, 0.29) is 5.78 Å². The second-order valence-corrected chi connectivity index (χ2v) is 4.64. The third kappa shape index (κ3) is 3.66. The van der Waals surface area contributed by atoms with Gasteiger partial charge in [-0.15, -0.1) is 0 Å². The maximum atomic E-state index is 12.1. The van der Waals surface area contributed by atoms with Crippen molar-refractivity contribution in [2.45, 2.75) is 32.7 Å². The lowest BCUT2D eigenvalue weighted by Crippen LogP contribution is -2.12.